The molecule has 3 N–H and O–H groups in total. The molecule has 0 heterocycles. The van der Waals surface area contributed by atoms with Gasteiger partial charge in [-0.15, -0.1) is 12.4 Å². The van der Waals surface area contributed by atoms with Crippen molar-refractivity contribution in [2.24, 2.45) is 5.73 Å². The van der Waals surface area contributed by atoms with E-state index < -0.39 is 8.80 Å². The zero-order chi connectivity index (χ0) is 21.5. The minimum Gasteiger partial charge on any atom is -0.376 e. The number of hydrogen-bond acceptors (Lipinski definition) is 5. The first kappa shape index (κ1) is 32.5. The number of nitrogens with one attached hydrogen (secondary N) is 1. The van der Waals surface area contributed by atoms with Gasteiger partial charge in [-0.25, -0.2) is 5.48 Å². The highest BCUT2D eigenvalue weighted by Crippen LogP contribution is 2.15. The third-order valence-electron chi connectivity index (χ3n) is 5.67. The molecule has 0 unspecified atom stereocenters. The molecule has 0 aromatic carbocycles. The Labute approximate surface area is 195 Å². The summed E-state index contributed by atoms with van der Waals surface area (Å²) in [6.07, 6.45) is 23.1. The van der Waals surface area contributed by atoms with Crippen molar-refractivity contribution in [3.63, 3.8) is 0 Å². The van der Waals surface area contributed by atoms with Gasteiger partial charge in [0.25, 0.3) is 0 Å². The minimum atomic E-state index is -2.57. The summed E-state index contributed by atoms with van der Waals surface area (Å²) in [5.74, 6) is 0. The summed E-state index contributed by atoms with van der Waals surface area (Å²) < 4.78 is 16.7. The first-order chi connectivity index (χ1) is 14.2. The Bertz CT molecular complexity index is 325. The van der Waals surface area contributed by atoms with Gasteiger partial charge in [0.05, 0.1) is 0 Å². The SMILES string of the molecule is CCCCCCCCCCCCCCCCCCNO[Si](CCCN)(OC)OC.Cl. The normalized spacial score (nSPS) is 11.6. The van der Waals surface area contributed by atoms with Gasteiger partial charge in [0.1, 0.15) is 0 Å². The topological polar surface area (TPSA) is 65.7 Å². The highest BCUT2D eigenvalue weighted by molar-refractivity contribution is 6.60. The zero-order valence-corrected chi connectivity index (χ0v) is 22.2. The van der Waals surface area contributed by atoms with E-state index in [4.69, 9.17) is 19.1 Å². The lowest BCUT2D eigenvalue weighted by Crippen LogP contribution is -2.48. The van der Waals surface area contributed by atoms with Crippen LogP contribution >= 0.6 is 12.4 Å². The van der Waals surface area contributed by atoms with Crippen LogP contribution < -0.4 is 11.2 Å². The van der Waals surface area contributed by atoms with Crippen molar-refractivity contribution in [2.75, 3.05) is 27.3 Å². The number of rotatable bonds is 24. The summed E-state index contributed by atoms with van der Waals surface area (Å²) in [7, 11) is 0.744. The molecule has 0 amide bonds. The molecule has 0 aliphatic rings. The van der Waals surface area contributed by atoms with Gasteiger partial charge >= 0.3 is 8.80 Å². The van der Waals surface area contributed by atoms with Crippen LogP contribution in [0.1, 0.15) is 116 Å². The van der Waals surface area contributed by atoms with Crippen LogP contribution in [0.2, 0.25) is 6.04 Å². The van der Waals surface area contributed by atoms with Crippen LogP contribution in [-0.2, 0) is 13.4 Å². The first-order valence-corrected chi connectivity index (χ1v) is 14.4. The van der Waals surface area contributed by atoms with E-state index in [0.717, 1.165) is 25.4 Å². The molecule has 0 spiro atoms. The number of unbranched alkanes of at least 4 members (excludes halogenated alkanes) is 15. The smallest absolute Gasteiger partial charge is 0.376 e. The maximum absolute atomic E-state index is 5.74. The molecule has 0 aliphatic heterocycles. The quantitative estimate of drug-likeness (QED) is 0.0928. The monoisotopic (exact) mass is 468 g/mol. The molecule has 0 rings (SSSR count). The molecule has 7 heteroatoms. The van der Waals surface area contributed by atoms with E-state index in [1.165, 1.54) is 96.3 Å². The standard InChI is InChI=1S/C23H52N2O3Si.ClH/c1-4-5-6-7-8-9-10-11-12-13-14-15-16-17-18-19-22-25-28-29(26-2,27-3)23-20-21-24;/h25H,4-24H2,1-3H3;1H. The van der Waals surface area contributed by atoms with Crippen LogP contribution in [0.5, 0.6) is 0 Å². The van der Waals surface area contributed by atoms with E-state index in [1.54, 1.807) is 14.2 Å². The molecule has 0 aromatic heterocycles. The number of hydroxylamine groups is 1. The maximum atomic E-state index is 5.74. The Morgan fingerprint density at radius 3 is 1.40 bits per heavy atom. The lowest BCUT2D eigenvalue weighted by Gasteiger charge is -2.25. The molecule has 0 saturated carbocycles. The fourth-order valence-electron chi connectivity index (χ4n) is 3.65. The Kier molecular flexibility index (Phi) is 27.7. The van der Waals surface area contributed by atoms with Gasteiger partial charge in [0.2, 0.25) is 0 Å². The van der Waals surface area contributed by atoms with E-state index in [9.17, 15) is 0 Å². The highest BCUT2D eigenvalue weighted by Gasteiger charge is 2.38. The van der Waals surface area contributed by atoms with Crippen LogP contribution in [0.4, 0.5) is 0 Å². The van der Waals surface area contributed by atoms with Gasteiger partial charge in [0.15, 0.2) is 0 Å². The van der Waals surface area contributed by atoms with Crippen molar-refractivity contribution in [3.05, 3.63) is 0 Å². The molecule has 0 aromatic rings. The summed E-state index contributed by atoms with van der Waals surface area (Å²) in [6, 6.07) is 0.752. The van der Waals surface area contributed by atoms with Crippen LogP contribution in [-0.4, -0.2) is 36.1 Å². The van der Waals surface area contributed by atoms with E-state index in [-0.39, 0.29) is 12.4 Å². The Morgan fingerprint density at radius 2 is 1.03 bits per heavy atom. The minimum absolute atomic E-state index is 0. The van der Waals surface area contributed by atoms with Gasteiger partial charge in [-0.05, 0) is 19.4 Å². The lowest BCUT2D eigenvalue weighted by molar-refractivity contribution is 0.0461. The van der Waals surface area contributed by atoms with E-state index in [0.29, 0.717) is 6.54 Å². The van der Waals surface area contributed by atoms with Gasteiger partial charge in [-0.1, -0.05) is 103 Å². The van der Waals surface area contributed by atoms with Crippen molar-refractivity contribution in [2.45, 2.75) is 122 Å². The Morgan fingerprint density at radius 1 is 0.633 bits per heavy atom. The first-order valence-electron chi connectivity index (χ1n) is 12.5. The summed E-state index contributed by atoms with van der Waals surface area (Å²) in [5, 5.41) is 0. The molecule has 0 radical (unpaired) electrons. The van der Waals surface area contributed by atoms with Crippen LogP contribution in [0, 0.1) is 0 Å². The van der Waals surface area contributed by atoms with Gasteiger partial charge in [-0.2, -0.15) is 0 Å². The van der Waals surface area contributed by atoms with Gasteiger partial charge in [-0.3, -0.25) is 4.53 Å². The summed E-state index contributed by atoms with van der Waals surface area (Å²) in [6.45, 7) is 3.77. The molecule has 0 bridgehead atoms. The fraction of sp³-hybridized carbons (Fsp3) is 1.00. The number of halogens is 1. The molecule has 184 valence electrons. The third kappa shape index (κ3) is 20.2. The molecular weight excluding hydrogens is 416 g/mol. The van der Waals surface area contributed by atoms with Crippen molar-refractivity contribution in [3.8, 4) is 0 Å². The molecule has 0 aliphatic carbocycles. The van der Waals surface area contributed by atoms with E-state index in [1.807, 2.05) is 0 Å². The zero-order valence-electron chi connectivity index (χ0n) is 20.4. The maximum Gasteiger partial charge on any atom is 0.517 e. The van der Waals surface area contributed by atoms with Crippen molar-refractivity contribution in [1.29, 1.82) is 0 Å². The van der Waals surface area contributed by atoms with E-state index >= 15 is 0 Å². The predicted octanol–water partition coefficient (Wildman–Crippen LogP) is 6.77. The van der Waals surface area contributed by atoms with Gasteiger partial charge < -0.3 is 14.6 Å². The van der Waals surface area contributed by atoms with Gasteiger partial charge in [0, 0.05) is 26.8 Å². The molecular formula is C23H53ClN2O3Si. The number of hydrogen-bond donors (Lipinski definition) is 2. The Hall–Kier alpha value is 0.307. The summed E-state index contributed by atoms with van der Waals surface area (Å²) in [4.78, 5) is 0. The number of nitrogens with two attached hydrogens (primary N) is 1. The average molecular weight is 469 g/mol. The molecule has 30 heavy (non-hydrogen) atoms. The second-order valence-corrected chi connectivity index (χ2v) is 11.2. The van der Waals surface area contributed by atoms with E-state index in [2.05, 4.69) is 12.4 Å². The summed E-state index contributed by atoms with van der Waals surface area (Å²) in [5.41, 5.74) is 8.64. The Balaban J connectivity index is 0. The molecule has 5 nitrogen and oxygen atoms in total. The van der Waals surface area contributed by atoms with Crippen LogP contribution in [0.15, 0.2) is 0 Å². The predicted molar refractivity (Wildman–Crippen MR) is 134 cm³/mol. The summed E-state index contributed by atoms with van der Waals surface area (Å²) >= 11 is 0. The average Bonchev–Trinajstić information content (AvgIpc) is 2.75. The van der Waals surface area contributed by atoms with Crippen molar-refractivity contribution < 1.29 is 13.4 Å². The molecule has 0 fully saturated rings. The lowest BCUT2D eigenvalue weighted by atomic mass is 10.0. The third-order valence-corrected chi connectivity index (χ3v) is 8.33. The molecule has 0 atom stereocenters. The van der Waals surface area contributed by atoms with Crippen LogP contribution in [0.3, 0.4) is 0 Å². The fourth-order valence-corrected chi connectivity index (χ4v) is 5.45. The van der Waals surface area contributed by atoms with Crippen molar-refractivity contribution >= 4 is 21.2 Å². The molecule has 0 saturated heterocycles. The highest BCUT2D eigenvalue weighted by atomic mass is 35.5. The van der Waals surface area contributed by atoms with Crippen LogP contribution in [0.25, 0.3) is 0 Å². The second-order valence-electron chi connectivity index (χ2n) is 8.28. The van der Waals surface area contributed by atoms with Crippen molar-refractivity contribution in [1.82, 2.24) is 5.48 Å². The second kappa shape index (κ2) is 25.6. The largest absolute Gasteiger partial charge is 0.517 e.